The Bertz CT molecular complexity index is 896. The van der Waals surface area contributed by atoms with Crippen LogP contribution in [0.3, 0.4) is 0 Å². The maximum Gasteiger partial charge on any atom is 0.246 e. The largest absolute Gasteiger partial charge is 0.345 e. The SMILES string of the molecule is C=C(C)C(=O)NCc1nc(C)c(-c2ccccc2)n1-c1ccccc1. The fraction of sp³-hybridized carbons (Fsp3) is 0.143. The molecule has 0 saturated heterocycles. The standard InChI is InChI=1S/C21H21N3O/c1-15(2)21(25)22-14-19-23-16(3)20(17-10-6-4-7-11-17)24(19)18-12-8-5-9-13-18/h4-13H,1,14H2,2-3H3,(H,22,25). The summed E-state index contributed by atoms with van der Waals surface area (Å²) in [6.45, 7) is 7.71. The number of carbonyl (C=O) groups excluding carboxylic acids is 1. The quantitative estimate of drug-likeness (QED) is 0.717. The van der Waals surface area contributed by atoms with Crippen molar-refractivity contribution in [3.8, 4) is 16.9 Å². The zero-order valence-corrected chi connectivity index (χ0v) is 14.5. The summed E-state index contributed by atoms with van der Waals surface area (Å²) in [7, 11) is 0. The van der Waals surface area contributed by atoms with Crippen LogP contribution in [0.25, 0.3) is 16.9 Å². The molecule has 3 aromatic rings. The minimum absolute atomic E-state index is 0.165. The number of aromatic nitrogens is 2. The lowest BCUT2D eigenvalue weighted by Crippen LogP contribution is -2.24. The van der Waals surface area contributed by atoms with Crippen LogP contribution in [0.1, 0.15) is 18.4 Å². The molecule has 0 aliphatic rings. The van der Waals surface area contributed by atoms with Gasteiger partial charge in [0.1, 0.15) is 5.82 Å². The molecule has 126 valence electrons. The van der Waals surface area contributed by atoms with Crippen molar-refractivity contribution >= 4 is 5.91 Å². The van der Waals surface area contributed by atoms with E-state index >= 15 is 0 Å². The van der Waals surface area contributed by atoms with Gasteiger partial charge in [-0.1, -0.05) is 55.1 Å². The van der Waals surface area contributed by atoms with Gasteiger partial charge in [-0.15, -0.1) is 0 Å². The number of carbonyl (C=O) groups is 1. The number of rotatable bonds is 5. The Labute approximate surface area is 147 Å². The number of aryl methyl sites for hydroxylation is 1. The van der Waals surface area contributed by atoms with E-state index in [9.17, 15) is 4.79 Å². The molecule has 25 heavy (non-hydrogen) atoms. The third kappa shape index (κ3) is 3.53. The Balaban J connectivity index is 2.10. The van der Waals surface area contributed by atoms with Crippen molar-refractivity contribution in [1.82, 2.24) is 14.9 Å². The summed E-state index contributed by atoms with van der Waals surface area (Å²) in [5, 5.41) is 2.88. The van der Waals surface area contributed by atoms with Crippen LogP contribution >= 0.6 is 0 Å². The first-order valence-corrected chi connectivity index (χ1v) is 8.20. The first-order chi connectivity index (χ1) is 12.1. The van der Waals surface area contributed by atoms with Gasteiger partial charge < -0.3 is 5.32 Å². The lowest BCUT2D eigenvalue weighted by atomic mass is 10.1. The monoisotopic (exact) mass is 331 g/mol. The van der Waals surface area contributed by atoms with E-state index in [2.05, 4.69) is 28.6 Å². The molecular weight excluding hydrogens is 310 g/mol. The van der Waals surface area contributed by atoms with Gasteiger partial charge in [0.25, 0.3) is 0 Å². The molecule has 0 radical (unpaired) electrons. The normalized spacial score (nSPS) is 10.5. The average Bonchev–Trinajstić information content (AvgIpc) is 2.97. The number of nitrogens with zero attached hydrogens (tertiary/aromatic N) is 2. The Morgan fingerprint density at radius 3 is 2.28 bits per heavy atom. The van der Waals surface area contributed by atoms with Gasteiger partial charge >= 0.3 is 0 Å². The number of imidazole rings is 1. The van der Waals surface area contributed by atoms with Gasteiger partial charge in [0.2, 0.25) is 5.91 Å². The van der Waals surface area contributed by atoms with E-state index in [4.69, 9.17) is 4.98 Å². The van der Waals surface area contributed by atoms with Gasteiger partial charge in [0.15, 0.2) is 0 Å². The molecule has 0 spiro atoms. The van der Waals surface area contributed by atoms with Crippen molar-refractivity contribution in [2.45, 2.75) is 20.4 Å². The summed E-state index contributed by atoms with van der Waals surface area (Å²) in [5.74, 6) is 0.624. The molecule has 1 amide bonds. The Kier molecular flexibility index (Phi) is 4.80. The molecule has 0 fully saturated rings. The Morgan fingerprint density at radius 2 is 1.68 bits per heavy atom. The lowest BCUT2D eigenvalue weighted by Gasteiger charge is -2.13. The van der Waals surface area contributed by atoms with Gasteiger partial charge in [0.05, 0.1) is 17.9 Å². The van der Waals surface area contributed by atoms with Crippen molar-refractivity contribution in [2.75, 3.05) is 0 Å². The third-order valence-corrected chi connectivity index (χ3v) is 3.98. The highest BCUT2D eigenvalue weighted by Gasteiger charge is 2.17. The summed E-state index contributed by atoms with van der Waals surface area (Å²) >= 11 is 0. The maximum atomic E-state index is 11.9. The second-order valence-electron chi connectivity index (χ2n) is 5.96. The van der Waals surface area contributed by atoms with Crippen molar-refractivity contribution in [3.05, 3.63) is 84.3 Å². The molecule has 1 heterocycles. The summed E-state index contributed by atoms with van der Waals surface area (Å²) < 4.78 is 2.10. The van der Waals surface area contributed by atoms with Crippen LogP contribution in [-0.4, -0.2) is 15.5 Å². The summed E-state index contributed by atoms with van der Waals surface area (Å²) in [4.78, 5) is 16.6. The molecule has 1 aromatic heterocycles. The molecule has 0 aliphatic carbocycles. The average molecular weight is 331 g/mol. The highest BCUT2D eigenvalue weighted by atomic mass is 16.1. The summed E-state index contributed by atoms with van der Waals surface area (Å²) in [5.41, 5.74) is 4.55. The van der Waals surface area contributed by atoms with Crippen LogP contribution in [0, 0.1) is 6.92 Å². The zero-order chi connectivity index (χ0) is 17.8. The fourth-order valence-corrected chi connectivity index (χ4v) is 2.81. The van der Waals surface area contributed by atoms with Gasteiger partial charge in [0, 0.05) is 16.8 Å². The van der Waals surface area contributed by atoms with Crippen LogP contribution in [0.5, 0.6) is 0 Å². The van der Waals surface area contributed by atoms with E-state index in [1.54, 1.807) is 6.92 Å². The topological polar surface area (TPSA) is 46.9 Å². The molecule has 0 saturated carbocycles. The predicted octanol–water partition coefficient (Wildman–Crippen LogP) is 4.04. The first kappa shape index (κ1) is 16.7. The van der Waals surface area contributed by atoms with E-state index in [1.165, 1.54) is 0 Å². The highest BCUT2D eigenvalue weighted by molar-refractivity contribution is 5.92. The molecule has 2 aromatic carbocycles. The minimum atomic E-state index is -0.165. The maximum absolute atomic E-state index is 11.9. The fourth-order valence-electron chi connectivity index (χ4n) is 2.81. The molecule has 0 atom stereocenters. The number of benzene rings is 2. The predicted molar refractivity (Wildman–Crippen MR) is 100 cm³/mol. The molecular formula is C21H21N3O. The van der Waals surface area contributed by atoms with E-state index in [1.807, 2.05) is 55.5 Å². The number of hydrogen-bond acceptors (Lipinski definition) is 2. The van der Waals surface area contributed by atoms with Crippen molar-refractivity contribution in [1.29, 1.82) is 0 Å². The first-order valence-electron chi connectivity index (χ1n) is 8.20. The second kappa shape index (κ2) is 7.18. The van der Waals surface area contributed by atoms with Crippen LogP contribution in [0.15, 0.2) is 72.8 Å². The molecule has 3 rings (SSSR count). The Hall–Kier alpha value is -3.14. The highest BCUT2D eigenvalue weighted by Crippen LogP contribution is 2.28. The van der Waals surface area contributed by atoms with Gasteiger partial charge in [-0.2, -0.15) is 0 Å². The van der Waals surface area contributed by atoms with E-state index in [-0.39, 0.29) is 5.91 Å². The van der Waals surface area contributed by atoms with Crippen LogP contribution < -0.4 is 5.32 Å². The van der Waals surface area contributed by atoms with Crippen LogP contribution in [0.2, 0.25) is 0 Å². The van der Waals surface area contributed by atoms with E-state index in [0.717, 1.165) is 28.5 Å². The molecule has 4 nitrogen and oxygen atoms in total. The Morgan fingerprint density at radius 1 is 1.08 bits per heavy atom. The number of nitrogens with one attached hydrogen (secondary N) is 1. The molecule has 0 bridgehead atoms. The van der Waals surface area contributed by atoms with Crippen molar-refractivity contribution < 1.29 is 4.79 Å². The molecule has 1 N–H and O–H groups in total. The zero-order valence-electron chi connectivity index (χ0n) is 14.5. The third-order valence-electron chi connectivity index (χ3n) is 3.98. The smallest absolute Gasteiger partial charge is 0.246 e. The van der Waals surface area contributed by atoms with E-state index < -0.39 is 0 Å². The number of amides is 1. The minimum Gasteiger partial charge on any atom is -0.345 e. The van der Waals surface area contributed by atoms with Gasteiger partial charge in [-0.3, -0.25) is 9.36 Å². The number of para-hydroxylation sites is 1. The lowest BCUT2D eigenvalue weighted by molar-refractivity contribution is -0.117. The number of hydrogen-bond donors (Lipinski definition) is 1. The molecule has 0 aliphatic heterocycles. The van der Waals surface area contributed by atoms with Crippen molar-refractivity contribution in [3.63, 3.8) is 0 Å². The summed E-state index contributed by atoms with van der Waals surface area (Å²) in [6.07, 6.45) is 0. The van der Waals surface area contributed by atoms with Crippen molar-refractivity contribution in [2.24, 2.45) is 0 Å². The summed E-state index contributed by atoms with van der Waals surface area (Å²) in [6, 6.07) is 20.2. The molecule has 0 unspecified atom stereocenters. The van der Waals surface area contributed by atoms with E-state index in [0.29, 0.717) is 12.1 Å². The molecule has 4 heteroatoms. The van der Waals surface area contributed by atoms with Crippen LogP contribution in [0.4, 0.5) is 0 Å². The second-order valence-corrected chi connectivity index (χ2v) is 5.96. The van der Waals surface area contributed by atoms with Gasteiger partial charge in [-0.05, 0) is 26.0 Å². The van der Waals surface area contributed by atoms with Crippen LogP contribution in [-0.2, 0) is 11.3 Å². The van der Waals surface area contributed by atoms with Gasteiger partial charge in [-0.25, -0.2) is 4.98 Å².